The minimum Gasteiger partial charge on any atom is -0.493 e. The smallest absolute Gasteiger partial charge is 0.294 e. The number of amides is 3. The summed E-state index contributed by atoms with van der Waals surface area (Å²) in [5.41, 5.74) is 1.93. The topological polar surface area (TPSA) is 84.9 Å². The molecule has 3 amide bonds. The summed E-state index contributed by atoms with van der Waals surface area (Å²) >= 11 is 10.2. The minimum atomic E-state index is -0.565. The molecule has 0 spiro atoms. The highest BCUT2D eigenvalue weighted by Crippen LogP contribution is 2.39. The van der Waals surface area contributed by atoms with E-state index in [9.17, 15) is 14.4 Å². The molecule has 0 bridgehead atoms. The summed E-state index contributed by atoms with van der Waals surface area (Å²) in [6, 6.07) is 8.41. The van der Waals surface area contributed by atoms with Gasteiger partial charge in [-0.1, -0.05) is 23.6 Å². The average Bonchev–Trinajstić information content (AvgIpc) is 3.02. The number of hydrogen-bond acceptors (Lipinski definition) is 6. The van der Waals surface area contributed by atoms with E-state index in [1.807, 2.05) is 6.92 Å². The molecule has 1 aliphatic rings. The molecule has 0 saturated carbocycles. The van der Waals surface area contributed by atoms with E-state index in [2.05, 4.69) is 27.2 Å². The first-order valence-corrected chi connectivity index (χ1v) is 11.5. The molecule has 170 valence electrons. The van der Waals surface area contributed by atoms with E-state index in [4.69, 9.17) is 27.5 Å². The number of carbonyl (C=O) groups is 3. The molecule has 7 nitrogen and oxygen atoms in total. The van der Waals surface area contributed by atoms with Gasteiger partial charge in [0.1, 0.15) is 13.2 Å². The molecule has 2 aromatic carbocycles. The third-order valence-electron chi connectivity index (χ3n) is 4.48. The number of benzene rings is 2. The van der Waals surface area contributed by atoms with Gasteiger partial charge in [-0.2, -0.15) is 0 Å². The lowest BCUT2D eigenvalue weighted by Gasteiger charge is -2.13. The van der Waals surface area contributed by atoms with Gasteiger partial charge in [0.25, 0.3) is 11.1 Å². The number of imide groups is 1. The molecular formula is C23H18BrClN2O5S. The van der Waals surface area contributed by atoms with Crippen molar-refractivity contribution in [2.75, 3.05) is 25.6 Å². The number of rotatable bonds is 7. The quantitative estimate of drug-likeness (QED) is 0.382. The Hall–Kier alpha value is -2.93. The van der Waals surface area contributed by atoms with Crippen molar-refractivity contribution in [2.24, 2.45) is 0 Å². The van der Waals surface area contributed by atoms with Crippen molar-refractivity contribution in [3.05, 3.63) is 55.9 Å². The summed E-state index contributed by atoms with van der Waals surface area (Å²) in [6.07, 6.45) is 6.78. The van der Waals surface area contributed by atoms with Gasteiger partial charge in [0, 0.05) is 10.7 Å². The highest BCUT2D eigenvalue weighted by atomic mass is 79.9. The summed E-state index contributed by atoms with van der Waals surface area (Å²) in [4.78, 5) is 38.6. The van der Waals surface area contributed by atoms with Crippen LogP contribution in [0.1, 0.15) is 11.1 Å². The maximum Gasteiger partial charge on any atom is 0.294 e. The van der Waals surface area contributed by atoms with E-state index in [0.29, 0.717) is 32.2 Å². The molecule has 10 heteroatoms. The van der Waals surface area contributed by atoms with Gasteiger partial charge >= 0.3 is 0 Å². The fourth-order valence-corrected chi connectivity index (χ4v) is 4.47. The van der Waals surface area contributed by atoms with E-state index in [1.54, 1.807) is 36.4 Å². The zero-order valence-electron chi connectivity index (χ0n) is 17.6. The zero-order valence-corrected chi connectivity index (χ0v) is 20.8. The number of methoxy groups -OCH3 is 1. The first-order valence-electron chi connectivity index (χ1n) is 9.48. The van der Waals surface area contributed by atoms with E-state index in [0.717, 1.165) is 22.2 Å². The van der Waals surface area contributed by atoms with Gasteiger partial charge in [0.05, 0.1) is 16.5 Å². The van der Waals surface area contributed by atoms with Crippen LogP contribution in [0.25, 0.3) is 6.08 Å². The lowest BCUT2D eigenvalue weighted by atomic mass is 10.2. The summed E-state index contributed by atoms with van der Waals surface area (Å²) in [6.45, 7) is 1.48. The van der Waals surface area contributed by atoms with Crippen LogP contribution < -0.4 is 14.8 Å². The Morgan fingerprint density at radius 1 is 1.33 bits per heavy atom. The molecule has 1 fully saturated rings. The number of halogens is 2. The third-order valence-corrected chi connectivity index (χ3v) is 6.38. The predicted molar refractivity (Wildman–Crippen MR) is 133 cm³/mol. The summed E-state index contributed by atoms with van der Waals surface area (Å²) in [7, 11) is 1.47. The molecule has 2 aromatic rings. The number of anilines is 1. The summed E-state index contributed by atoms with van der Waals surface area (Å²) in [5.74, 6) is 2.13. The molecule has 0 aromatic heterocycles. The van der Waals surface area contributed by atoms with Crippen molar-refractivity contribution >= 4 is 68.1 Å². The number of aryl methyl sites for hydroxylation is 1. The number of ether oxygens (including phenoxy) is 2. The predicted octanol–water partition coefficient (Wildman–Crippen LogP) is 5.11. The van der Waals surface area contributed by atoms with Crippen molar-refractivity contribution in [1.82, 2.24) is 4.90 Å². The Morgan fingerprint density at radius 2 is 2.09 bits per heavy atom. The fraction of sp³-hybridized carbons (Fsp3) is 0.174. The highest BCUT2D eigenvalue weighted by molar-refractivity contribution is 9.10. The Balaban J connectivity index is 1.75. The van der Waals surface area contributed by atoms with Gasteiger partial charge in [-0.3, -0.25) is 19.3 Å². The monoisotopic (exact) mass is 548 g/mol. The number of terminal acetylenes is 1. The second-order valence-electron chi connectivity index (χ2n) is 6.81. The van der Waals surface area contributed by atoms with E-state index in [1.165, 1.54) is 7.11 Å². The van der Waals surface area contributed by atoms with Crippen LogP contribution in [0.5, 0.6) is 11.5 Å². The molecule has 0 atom stereocenters. The van der Waals surface area contributed by atoms with Crippen LogP contribution in [0.4, 0.5) is 10.5 Å². The first-order chi connectivity index (χ1) is 15.7. The van der Waals surface area contributed by atoms with Gasteiger partial charge in [0.15, 0.2) is 11.5 Å². The van der Waals surface area contributed by atoms with Crippen LogP contribution in [0.15, 0.2) is 39.7 Å². The second-order valence-corrected chi connectivity index (χ2v) is 9.06. The SMILES string of the molecule is C#CCOc1c(Br)cc(/C=C2\SC(=O)N(CC(=O)Nc3ccc(C)c(Cl)c3)C2=O)cc1OC. The van der Waals surface area contributed by atoms with Crippen LogP contribution >= 0.6 is 39.3 Å². The maximum atomic E-state index is 12.8. The molecule has 1 saturated heterocycles. The Labute approximate surface area is 208 Å². The van der Waals surface area contributed by atoms with Gasteiger partial charge < -0.3 is 14.8 Å². The molecule has 0 aliphatic carbocycles. The summed E-state index contributed by atoms with van der Waals surface area (Å²) in [5, 5.41) is 2.60. The molecule has 0 radical (unpaired) electrons. The van der Waals surface area contributed by atoms with Crippen LogP contribution in [0, 0.1) is 19.3 Å². The molecular weight excluding hydrogens is 532 g/mol. The van der Waals surface area contributed by atoms with E-state index in [-0.39, 0.29) is 11.5 Å². The summed E-state index contributed by atoms with van der Waals surface area (Å²) < 4.78 is 11.4. The van der Waals surface area contributed by atoms with Gasteiger partial charge in [-0.15, -0.1) is 6.42 Å². The minimum absolute atomic E-state index is 0.0596. The van der Waals surface area contributed by atoms with Crippen molar-refractivity contribution < 1.29 is 23.9 Å². The normalized spacial score (nSPS) is 14.4. The van der Waals surface area contributed by atoms with Gasteiger partial charge in [-0.05, 0) is 76.1 Å². The molecule has 1 N–H and O–H groups in total. The lowest BCUT2D eigenvalue weighted by Crippen LogP contribution is -2.36. The number of thioether (sulfide) groups is 1. The van der Waals surface area contributed by atoms with Crippen molar-refractivity contribution in [3.63, 3.8) is 0 Å². The van der Waals surface area contributed by atoms with E-state index < -0.39 is 23.6 Å². The van der Waals surface area contributed by atoms with Crippen LogP contribution in [-0.2, 0) is 9.59 Å². The number of nitrogens with zero attached hydrogens (tertiary/aromatic N) is 1. The van der Waals surface area contributed by atoms with Crippen LogP contribution in [-0.4, -0.2) is 42.2 Å². The number of nitrogens with one attached hydrogen (secondary N) is 1. The average molecular weight is 550 g/mol. The molecule has 0 unspecified atom stereocenters. The third kappa shape index (κ3) is 5.90. The largest absolute Gasteiger partial charge is 0.493 e. The van der Waals surface area contributed by atoms with Gasteiger partial charge in [-0.25, -0.2) is 0 Å². The standard InChI is InChI=1S/C23H18BrClN2O5S/c1-4-7-32-21-16(24)8-14(9-18(21)31-3)10-19-22(29)27(23(30)33-19)12-20(28)26-15-6-5-13(2)17(25)11-15/h1,5-6,8-11H,7,12H2,2-3H3,(H,26,28)/b19-10-. The maximum absolute atomic E-state index is 12.8. The second kappa shape index (κ2) is 10.8. The van der Waals surface area contributed by atoms with Crippen molar-refractivity contribution in [3.8, 4) is 23.8 Å². The zero-order chi connectivity index (χ0) is 24.1. The number of hydrogen-bond donors (Lipinski definition) is 1. The molecule has 33 heavy (non-hydrogen) atoms. The molecule has 1 heterocycles. The van der Waals surface area contributed by atoms with E-state index >= 15 is 0 Å². The number of carbonyl (C=O) groups excluding carboxylic acids is 3. The lowest BCUT2D eigenvalue weighted by molar-refractivity contribution is -0.127. The fourth-order valence-electron chi connectivity index (χ4n) is 2.88. The Kier molecular flexibility index (Phi) is 8.08. The highest BCUT2D eigenvalue weighted by Gasteiger charge is 2.36. The van der Waals surface area contributed by atoms with Crippen molar-refractivity contribution in [2.45, 2.75) is 6.92 Å². The first kappa shape index (κ1) is 24.7. The van der Waals surface area contributed by atoms with Gasteiger partial charge in [0.2, 0.25) is 5.91 Å². The Bertz CT molecular complexity index is 1210. The molecule has 1 aliphatic heterocycles. The van der Waals surface area contributed by atoms with Crippen LogP contribution in [0.2, 0.25) is 5.02 Å². The van der Waals surface area contributed by atoms with Crippen LogP contribution in [0.3, 0.4) is 0 Å². The Morgan fingerprint density at radius 3 is 2.76 bits per heavy atom. The van der Waals surface area contributed by atoms with Crippen molar-refractivity contribution in [1.29, 1.82) is 0 Å². The molecule has 3 rings (SSSR count).